The zero-order chi connectivity index (χ0) is 14.7. The van der Waals surface area contributed by atoms with E-state index in [0.717, 1.165) is 19.3 Å². The Morgan fingerprint density at radius 1 is 1.40 bits per heavy atom. The Bertz CT molecular complexity index is 430. The van der Waals surface area contributed by atoms with Crippen LogP contribution in [-0.4, -0.2) is 22.9 Å². The summed E-state index contributed by atoms with van der Waals surface area (Å²) in [6.07, 6.45) is 3.13. The molecule has 1 aliphatic rings. The topological polar surface area (TPSA) is 32.3 Å². The highest BCUT2D eigenvalue weighted by Gasteiger charge is 2.41. The van der Waals surface area contributed by atoms with Crippen LogP contribution < -0.4 is 5.32 Å². The number of amides is 1. The molecule has 0 aromatic carbocycles. The second-order valence-corrected chi connectivity index (χ2v) is 6.97. The predicted molar refractivity (Wildman–Crippen MR) is 84.7 cm³/mol. The van der Waals surface area contributed by atoms with Gasteiger partial charge in [-0.25, -0.2) is 0 Å². The standard InChI is InChI=1S/C16H26N2OS/c1-5-6-12(4)18-15(13-7-8-20-10-13)17-14(16(18)19)9-11(2)3/h7-8,10-12,14-15,17H,5-6,9H2,1-4H3. The van der Waals surface area contributed by atoms with Gasteiger partial charge in [0.1, 0.15) is 6.17 Å². The molecule has 4 heteroatoms. The molecule has 3 atom stereocenters. The molecule has 1 saturated heterocycles. The van der Waals surface area contributed by atoms with Crippen molar-refractivity contribution in [2.75, 3.05) is 0 Å². The first-order valence-corrected chi connectivity index (χ1v) is 8.59. The number of hydrogen-bond donors (Lipinski definition) is 1. The molecule has 2 heterocycles. The number of hydrogen-bond acceptors (Lipinski definition) is 3. The van der Waals surface area contributed by atoms with Gasteiger partial charge in [0.05, 0.1) is 6.04 Å². The van der Waals surface area contributed by atoms with Crippen LogP contribution in [0.2, 0.25) is 0 Å². The number of nitrogens with zero attached hydrogens (tertiary/aromatic N) is 1. The van der Waals surface area contributed by atoms with Crippen molar-refractivity contribution in [2.24, 2.45) is 5.92 Å². The molecule has 2 rings (SSSR count). The van der Waals surface area contributed by atoms with E-state index in [9.17, 15) is 4.79 Å². The van der Waals surface area contributed by atoms with E-state index >= 15 is 0 Å². The van der Waals surface area contributed by atoms with Crippen molar-refractivity contribution in [1.82, 2.24) is 10.2 Å². The number of carbonyl (C=O) groups is 1. The maximum Gasteiger partial charge on any atom is 0.241 e. The summed E-state index contributed by atoms with van der Waals surface area (Å²) in [7, 11) is 0. The van der Waals surface area contributed by atoms with Crippen LogP contribution in [0.5, 0.6) is 0 Å². The van der Waals surface area contributed by atoms with Crippen molar-refractivity contribution >= 4 is 17.2 Å². The number of rotatable bonds is 6. The van der Waals surface area contributed by atoms with E-state index in [1.165, 1.54) is 5.56 Å². The molecular weight excluding hydrogens is 268 g/mol. The van der Waals surface area contributed by atoms with Gasteiger partial charge in [-0.2, -0.15) is 11.3 Å². The molecule has 0 bridgehead atoms. The molecule has 112 valence electrons. The molecule has 1 fully saturated rings. The first kappa shape index (κ1) is 15.5. The highest BCUT2D eigenvalue weighted by molar-refractivity contribution is 7.07. The van der Waals surface area contributed by atoms with E-state index in [1.54, 1.807) is 11.3 Å². The van der Waals surface area contributed by atoms with Gasteiger partial charge in [-0.3, -0.25) is 10.1 Å². The molecule has 1 aromatic rings. The zero-order valence-corrected chi connectivity index (χ0v) is 13.7. The summed E-state index contributed by atoms with van der Waals surface area (Å²) < 4.78 is 0. The fourth-order valence-corrected chi connectivity index (χ4v) is 3.68. The van der Waals surface area contributed by atoms with Gasteiger partial charge in [0, 0.05) is 6.04 Å². The molecule has 3 nitrogen and oxygen atoms in total. The van der Waals surface area contributed by atoms with Gasteiger partial charge in [0.2, 0.25) is 5.91 Å². The predicted octanol–water partition coefficient (Wildman–Crippen LogP) is 3.78. The van der Waals surface area contributed by atoms with Gasteiger partial charge >= 0.3 is 0 Å². The molecule has 0 aliphatic carbocycles. The zero-order valence-electron chi connectivity index (χ0n) is 12.9. The minimum Gasteiger partial charge on any atom is -0.319 e. The van der Waals surface area contributed by atoms with Crippen LogP contribution in [-0.2, 0) is 4.79 Å². The summed E-state index contributed by atoms with van der Waals surface area (Å²) in [5.41, 5.74) is 1.22. The van der Waals surface area contributed by atoms with Crippen molar-refractivity contribution in [2.45, 2.75) is 65.2 Å². The Morgan fingerprint density at radius 3 is 2.70 bits per heavy atom. The molecule has 0 radical (unpaired) electrons. The van der Waals surface area contributed by atoms with Crippen LogP contribution in [0.4, 0.5) is 0 Å². The average molecular weight is 294 g/mol. The number of thiophene rings is 1. The summed E-state index contributed by atoms with van der Waals surface area (Å²) in [6.45, 7) is 8.69. The second kappa shape index (κ2) is 6.72. The first-order valence-electron chi connectivity index (χ1n) is 7.64. The summed E-state index contributed by atoms with van der Waals surface area (Å²) in [4.78, 5) is 14.8. The van der Waals surface area contributed by atoms with Crippen LogP contribution in [0, 0.1) is 5.92 Å². The van der Waals surface area contributed by atoms with Crippen LogP contribution in [0.1, 0.15) is 58.7 Å². The van der Waals surface area contributed by atoms with E-state index in [4.69, 9.17) is 0 Å². The maximum atomic E-state index is 12.7. The van der Waals surface area contributed by atoms with Crippen molar-refractivity contribution in [3.8, 4) is 0 Å². The van der Waals surface area contributed by atoms with E-state index < -0.39 is 0 Å². The van der Waals surface area contributed by atoms with E-state index in [1.807, 2.05) is 0 Å². The largest absolute Gasteiger partial charge is 0.319 e. The van der Waals surface area contributed by atoms with Gasteiger partial charge in [0.25, 0.3) is 0 Å². The monoisotopic (exact) mass is 294 g/mol. The molecule has 1 aliphatic heterocycles. The number of nitrogens with one attached hydrogen (secondary N) is 1. The van der Waals surface area contributed by atoms with Gasteiger partial charge in [-0.05, 0) is 48.1 Å². The molecule has 1 N–H and O–H groups in total. The quantitative estimate of drug-likeness (QED) is 0.866. The molecule has 20 heavy (non-hydrogen) atoms. The highest BCUT2D eigenvalue weighted by Crippen LogP contribution is 2.31. The van der Waals surface area contributed by atoms with Crippen LogP contribution in [0.3, 0.4) is 0 Å². The van der Waals surface area contributed by atoms with Gasteiger partial charge in [0.15, 0.2) is 0 Å². The van der Waals surface area contributed by atoms with Crippen LogP contribution >= 0.6 is 11.3 Å². The first-order chi connectivity index (χ1) is 9.54. The fourth-order valence-electron chi connectivity index (χ4n) is 3.01. The number of carbonyl (C=O) groups excluding carboxylic acids is 1. The van der Waals surface area contributed by atoms with Gasteiger partial charge in [-0.1, -0.05) is 27.2 Å². The molecule has 0 spiro atoms. The Morgan fingerprint density at radius 2 is 2.15 bits per heavy atom. The van der Waals surface area contributed by atoms with Crippen molar-refractivity contribution in [3.63, 3.8) is 0 Å². The minimum atomic E-state index is -0.0285. The van der Waals surface area contributed by atoms with Crippen LogP contribution in [0.25, 0.3) is 0 Å². The Labute approximate surface area is 126 Å². The Kier molecular flexibility index (Phi) is 5.22. The highest BCUT2D eigenvalue weighted by atomic mass is 32.1. The molecule has 1 amide bonds. The molecule has 0 saturated carbocycles. The van der Waals surface area contributed by atoms with Crippen LogP contribution in [0.15, 0.2) is 16.8 Å². The summed E-state index contributed by atoms with van der Waals surface area (Å²) >= 11 is 1.69. The van der Waals surface area contributed by atoms with Gasteiger partial charge < -0.3 is 4.90 Å². The van der Waals surface area contributed by atoms with E-state index in [-0.39, 0.29) is 18.1 Å². The summed E-state index contributed by atoms with van der Waals surface area (Å²) in [5, 5.41) is 7.78. The summed E-state index contributed by atoms with van der Waals surface area (Å²) in [6, 6.07) is 2.39. The Balaban J connectivity index is 2.21. The molecule has 3 unspecified atom stereocenters. The molecule has 1 aromatic heterocycles. The third kappa shape index (κ3) is 3.23. The van der Waals surface area contributed by atoms with E-state index in [2.05, 4.69) is 54.7 Å². The van der Waals surface area contributed by atoms with Crippen molar-refractivity contribution in [3.05, 3.63) is 22.4 Å². The SMILES string of the molecule is CCCC(C)N1C(=O)C(CC(C)C)NC1c1ccsc1. The van der Waals surface area contributed by atoms with E-state index in [0.29, 0.717) is 12.0 Å². The lowest BCUT2D eigenvalue weighted by atomic mass is 10.0. The Hall–Kier alpha value is -0.870. The fraction of sp³-hybridized carbons (Fsp3) is 0.688. The summed E-state index contributed by atoms with van der Waals surface area (Å²) in [5.74, 6) is 0.803. The maximum absolute atomic E-state index is 12.7. The normalized spacial score (nSPS) is 24.6. The smallest absolute Gasteiger partial charge is 0.241 e. The molecular formula is C16H26N2OS. The third-order valence-corrected chi connectivity index (χ3v) is 4.64. The second-order valence-electron chi connectivity index (χ2n) is 6.19. The van der Waals surface area contributed by atoms with Crippen molar-refractivity contribution < 1.29 is 4.79 Å². The lowest BCUT2D eigenvalue weighted by molar-refractivity contribution is -0.132. The van der Waals surface area contributed by atoms with Crippen molar-refractivity contribution in [1.29, 1.82) is 0 Å². The third-order valence-electron chi connectivity index (χ3n) is 3.94. The van der Waals surface area contributed by atoms with Gasteiger partial charge in [-0.15, -0.1) is 0 Å². The minimum absolute atomic E-state index is 0.0285. The average Bonchev–Trinajstić information content (AvgIpc) is 2.98. The lowest BCUT2D eigenvalue weighted by Crippen LogP contribution is -2.38. The lowest BCUT2D eigenvalue weighted by Gasteiger charge is -2.30.